The highest BCUT2D eigenvalue weighted by molar-refractivity contribution is 5.86. The summed E-state index contributed by atoms with van der Waals surface area (Å²) in [6.45, 7) is 3.49. The van der Waals surface area contributed by atoms with Crippen molar-refractivity contribution in [2.24, 2.45) is 5.92 Å². The average Bonchev–Trinajstić information content (AvgIpc) is 2.98. The van der Waals surface area contributed by atoms with E-state index in [9.17, 15) is 9.90 Å². The minimum absolute atomic E-state index is 0.0742. The van der Waals surface area contributed by atoms with Crippen LogP contribution in [0.15, 0.2) is 0 Å². The van der Waals surface area contributed by atoms with Crippen molar-refractivity contribution in [3.8, 4) is 0 Å². The fraction of sp³-hybridized carbons (Fsp3) is 0.938. The molecule has 0 aromatic rings. The molecule has 120 valence electrons. The van der Waals surface area contributed by atoms with Crippen LogP contribution in [0.1, 0.15) is 51.4 Å². The van der Waals surface area contributed by atoms with Crippen LogP contribution in [0.2, 0.25) is 0 Å². The summed E-state index contributed by atoms with van der Waals surface area (Å²) in [5.74, 6) is 0.558. The van der Waals surface area contributed by atoms with Gasteiger partial charge in [0.15, 0.2) is 5.60 Å². The van der Waals surface area contributed by atoms with Crippen LogP contribution in [0, 0.1) is 5.92 Å². The van der Waals surface area contributed by atoms with E-state index in [0.29, 0.717) is 25.5 Å². The topological polar surface area (TPSA) is 53.0 Å². The maximum Gasteiger partial charge on any atom is 0.255 e. The lowest BCUT2D eigenvalue weighted by Crippen LogP contribution is -2.58. The van der Waals surface area contributed by atoms with Gasteiger partial charge in [-0.05, 0) is 38.0 Å². The molecule has 2 saturated heterocycles. The van der Waals surface area contributed by atoms with Gasteiger partial charge in [-0.25, -0.2) is 0 Å². The Bertz CT molecular complexity index is 365. The number of aliphatic hydroxyl groups is 1. The van der Waals surface area contributed by atoms with E-state index < -0.39 is 5.60 Å². The number of hydrogen-bond donors (Lipinski definition) is 1. The van der Waals surface area contributed by atoms with E-state index in [1.807, 2.05) is 4.90 Å². The Hall–Kier alpha value is -0.650. The Morgan fingerprint density at radius 2 is 1.95 bits per heavy atom. The largest absolute Gasteiger partial charge is 0.379 e. The van der Waals surface area contributed by atoms with E-state index in [-0.39, 0.29) is 5.91 Å². The predicted molar refractivity (Wildman–Crippen MR) is 79.5 cm³/mol. The van der Waals surface area contributed by atoms with Gasteiger partial charge in [0.05, 0.1) is 13.2 Å². The lowest BCUT2D eigenvalue weighted by molar-refractivity contribution is -0.182. The van der Waals surface area contributed by atoms with Gasteiger partial charge in [-0.3, -0.25) is 9.63 Å². The Morgan fingerprint density at radius 3 is 2.67 bits per heavy atom. The van der Waals surface area contributed by atoms with Crippen molar-refractivity contribution in [2.45, 2.75) is 57.0 Å². The molecule has 1 saturated carbocycles. The minimum atomic E-state index is -1.24. The number of carbonyl (C=O) groups is 1. The van der Waals surface area contributed by atoms with Crippen molar-refractivity contribution in [2.75, 3.05) is 32.8 Å². The van der Waals surface area contributed by atoms with Gasteiger partial charge in [0.25, 0.3) is 5.91 Å². The van der Waals surface area contributed by atoms with E-state index in [1.165, 1.54) is 32.1 Å². The summed E-state index contributed by atoms with van der Waals surface area (Å²) in [6.07, 6.45) is 8.82. The number of rotatable bonds is 4. The summed E-state index contributed by atoms with van der Waals surface area (Å²) < 4.78 is 0. The highest BCUT2D eigenvalue weighted by Gasteiger charge is 2.44. The zero-order chi connectivity index (χ0) is 14.7. The standard InChI is InChI=1S/C16H28N2O3/c19-15-16(20,13-18-10-5-11-21-18)8-4-9-17(15)12-14-6-2-1-3-7-14/h14,20H,1-13H2/t16-/m1/s1. The second-order valence-electron chi connectivity index (χ2n) is 6.94. The van der Waals surface area contributed by atoms with Gasteiger partial charge in [-0.15, -0.1) is 0 Å². The molecule has 0 bridgehead atoms. The third kappa shape index (κ3) is 3.58. The molecule has 2 heterocycles. The van der Waals surface area contributed by atoms with E-state index in [4.69, 9.17) is 4.84 Å². The molecule has 1 N–H and O–H groups in total. The van der Waals surface area contributed by atoms with Crippen LogP contribution in [-0.4, -0.2) is 59.4 Å². The van der Waals surface area contributed by atoms with Crippen LogP contribution in [0.25, 0.3) is 0 Å². The molecule has 0 spiro atoms. The number of carbonyl (C=O) groups excluding carboxylic acids is 1. The smallest absolute Gasteiger partial charge is 0.255 e. The van der Waals surface area contributed by atoms with E-state index in [0.717, 1.165) is 32.5 Å². The van der Waals surface area contributed by atoms with Crippen LogP contribution in [0.4, 0.5) is 0 Å². The Morgan fingerprint density at radius 1 is 1.14 bits per heavy atom. The summed E-state index contributed by atoms with van der Waals surface area (Å²) >= 11 is 0. The van der Waals surface area contributed by atoms with Gasteiger partial charge in [-0.2, -0.15) is 5.06 Å². The molecule has 3 aliphatic rings. The van der Waals surface area contributed by atoms with Crippen molar-refractivity contribution in [3.63, 3.8) is 0 Å². The molecule has 3 fully saturated rings. The first-order valence-electron chi connectivity index (χ1n) is 8.57. The number of nitrogens with zero attached hydrogens (tertiary/aromatic N) is 2. The quantitative estimate of drug-likeness (QED) is 0.855. The zero-order valence-electron chi connectivity index (χ0n) is 12.9. The highest BCUT2D eigenvalue weighted by Crippen LogP contribution is 2.29. The van der Waals surface area contributed by atoms with Crippen molar-refractivity contribution in [1.29, 1.82) is 0 Å². The average molecular weight is 296 g/mol. The first-order chi connectivity index (χ1) is 10.2. The van der Waals surface area contributed by atoms with Crippen molar-refractivity contribution in [3.05, 3.63) is 0 Å². The molecule has 3 rings (SSSR count). The minimum Gasteiger partial charge on any atom is -0.379 e. The van der Waals surface area contributed by atoms with Gasteiger partial charge in [-0.1, -0.05) is 19.3 Å². The second-order valence-corrected chi connectivity index (χ2v) is 6.94. The third-order valence-electron chi connectivity index (χ3n) is 5.17. The molecule has 0 aromatic heterocycles. The number of amides is 1. The van der Waals surface area contributed by atoms with Crippen molar-refractivity contribution < 1.29 is 14.7 Å². The lowest BCUT2D eigenvalue weighted by atomic mass is 9.86. The number of piperidine rings is 1. The third-order valence-corrected chi connectivity index (χ3v) is 5.17. The fourth-order valence-electron chi connectivity index (χ4n) is 3.98. The van der Waals surface area contributed by atoms with E-state index >= 15 is 0 Å². The Balaban J connectivity index is 1.58. The van der Waals surface area contributed by atoms with Gasteiger partial charge in [0.1, 0.15) is 0 Å². The first kappa shape index (κ1) is 15.3. The van der Waals surface area contributed by atoms with Gasteiger partial charge >= 0.3 is 0 Å². The summed E-state index contributed by atoms with van der Waals surface area (Å²) in [5.41, 5.74) is -1.24. The lowest BCUT2D eigenvalue weighted by Gasteiger charge is -2.41. The summed E-state index contributed by atoms with van der Waals surface area (Å²) in [7, 11) is 0. The molecule has 1 amide bonds. The zero-order valence-corrected chi connectivity index (χ0v) is 12.9. The van der Waals surface area contributed by atoms with Gasteiger partial charge in [0, 0.05) is 19.6 Å². The normalized spacial score (nSPS) is 32.8. The molecule has 5 heteroatoms. The van der Waals surface area contributed by atoms with Crippen LogP contribution in [-0.2, 0) is 9.63 Å². The number of β-amino-alcohol motifs (C(OH)–C–C–N with tert-alkyl or cyclic N) is 1. The molecule has 1 atom stereocenters. The Kier molecular flexibility index (Phi) is 4.82. The number of hydroxylamine groups is 2. The molecule has 21 heavy (non-hydrogen) atoms. The summed E-state index contributed by atoms with van der Waals surface area (Å²) in [6, 6.07) is 0. The molecule has 1 aliphatic carbocycles. The molecular formula is C16H28N2O3. The number of likely N-dealkylation sites (tertiary alicyclic amines) is 1. The monoisotopic (exact) mass is 296 g/mol. The fourth-order valence-corrected chi connectivity index (χ4v) is 3.98. The molecule has 0 aromatic carbocycles. The van der Waals surface area contributed by atoms with Crippen LogP contribution >= 0.6 is 0 Å². The van der Waals surface area contributed by atoms with E-state index in [2.05, 4.69) is 0 Å². The van der Waals surface area contributed by atoms with Gasteiger partial charge < -0.3 is 10.0 Å². The summed E-state index contributed by atoms with van der Waals surface area (Å²) in [4.78, 5) is 20.1. The van der Waals surface area contributed by atoms with Gasteiger partial charge in [0.2, 0.25) is 0 Å². The van der Waals surface area contributed by atoms with Crippen LogP contribution in [0.5, 0.6) is 0 Å². The van der Waals surface area contributed by atoms with Crippen molar-refractivity contribution >= 4 is 5.91 Å². The molecular weight excluding hydrogens is 268 g/mol. The molecule has 5 nitrogen and oxygen atoms in total. The van der Waals surface area contributed by atoms with Crippen molar-refractivity contribution in [1.82, 2.24) is 9.96 Å². The first-order valence-corrected chi connectivity index (χ1v) is 8.57. The SMILES string of the molecule is O=C1N(CC2CCCCC2)CCC[C@@]1(O)CN1CCCO1. The highest BCUT2D eigenvalue weighted by atomic mass is 16.7. The number of hydrogen-bond acceptors (Lipinski definition) is 4. The predicted octanol–water partition coefficient (Wildman–Crippen LogP) is 1.56. The molecule has 0 unspecified atom stereocenters. The van der Waals surface area contributed by atoms with E-state index in [1.54, 1.807) is 5.06 Å². The van der Waals surface area contributed by atoms with Crippen LogP contribution < -0.4 is 0 Å². The second kappa shape index (κ2) is 6.63. The maximum atomic E-state index is 12.7. The summed E-state index contributed by atoms with van der Waals surface area (Å²) in [5, 5.41) is 12.6. The Labute approximate surface area is 127 Å². The maximum absolute atomic E-state index is 12.7. The molecule has 2 aliphatic heterocycles. The van der Waals surface area contributed by atoms with Crippen LogP contribution in [0.3, 0.4) is 0 Å². The molecule has 0 radical (unpaired) electrons.